The Balaban J connectivity index is 1.73. The van der Waals surface area contributed by atoms with Crippen LogP contribution in [0.15, 0.2) is 5.16 Å². The smallest absolute Gasteiger partial charge is 0.238 e. The van der Waals surface area contributed by atoms with Gasteiger partial charge in [0, 0.05) is 4.88 Å². The summed E-state index contributed by atoms with van der Waals surface area (Å²) in [7, 11) is 0. The summed E-state index contributed by atoms with van der Waals surface area (Å²) in [5.74, 6) is 0.592. The molecule has 2 aromatic heterocycles. The third-order valence-corrected chi connectivity index (χ3v) is 6.17. The number of nitriles is 1. The number of carbonyl (C=O) groups is 1. The summed E-state index contributed by atoms with van der Waals surface area (Å²) in [4.78, 5) is 17.9. The van der Waals surface area contributed by atoms with Gasteiger partial charge in [-0.15, -0.1) is 16.4 Å². The second kappa shape index (κ2) is 7.36. The summed E-state index contributed by atoms with van der Waals surface area (Å²) >= 11 is 2.85. The third kappa shape index (κ3) is 3.62. The molecule has 8 heteroatoms. The lowest BCUT2D eigenvalue weighted by atomic mass is 10.1. The molecule has 0 radical (unpaired) electrons. The number of amides is 1. The van der Waals surface area contributed by atoms with Gasteiger partial charge in [-0.2, -0.15) is 5.26 Å². The Hall–Kier alpha value is -1.85. The minimum absolute atomic E-state index is 0.129. The Kier molecular flexibility index (Phi) is 5.21. The van der Waals surface area contributed by atoms with Crippen LogP contribution < -0.4 is 5.32 Å². The Morgan fingerprint density at radius 1 is 1.42 bits per heavy atom. The third-order valence-electron chi connectivity index (χ3n) is 4.00. The molecule has 2 N–H and O–H groups in total. The average Bonchev–Trinajstić information content (AvgIpc) is 3.02. The summed E-state index contributed by atoms with van der Waals surface area (Å²) < 4.78 is 0. The number of aromatic nitrogens is 3. The predicted molar refractivity (Wildman–Crippen MR) is 95.4 cm³/mol. The quantitative estimate of drug-likeness (QED) is 0.642. The number of nitrogens with one attached hydrogen (secondary N) is 2. The topological polar surface area (TPSA) is 94.5 Å². The molecule has 0 spiro atoms. The van der Waals surface area contributed by atoms with E-state index < -0.39 is 0 Å². The van der Waals surface area contributed by atoms with E-state index in [1.165, 1.54) is 23.1 Å². The first kappa shape index (κ1) is 17.0. The molecule has 2 aromatic rings. The molecule has 0 aliphatic heterocycles. The number of nitrogens with zero attached hydrogens (tertiary/aromatic N) is 3. The molecule has 0 unspecified atom stereocenters. The number of hydrogen-bond acceptors (Lipinski definition) is 6. The van der Waals surface area contributed by atoms with Crippen molar-refractivity contribution in [2.45, 2.75) is 56.4 Å². The maximum absolute atomic E-state index is 12.5. The van der Waals surface area contributed by atoms with Crippen LogP contribution in [0.2, 0.25) is 0 Å². The molecule has 24 heavy (non-hydrogen) atoms. The number of aromatic amines is 1. The van der Waals surface area contributed by atoms with Gasteiger partial charge in [-0.05, 0) is 45.1 Å². The first-order valence-corrected chi connectivity index (χ1v) is 9.69. The van der Waals surface area contributed by atoms with E-state index in [0.29, 0.717) is 15.7 Å². The second-order valence-corrected chi connectivity index (χ2v) is 8.25. The molecule has 0 aromatic carbocycles. The number of hydrogen-bond donors (Lipinski definition) is 2. The highest BCUT2D eigenvalue weighted by molar-refractivity contribution is 8.00. The molecule has 3 rings (SSSR count). The lowest BCUT2D eigenvalue weighted by molar-refractivity contribution is -0.115. The first-order valence-electron chi connectivity index (χ1n) is 7.99. The lowest BCUT2D eigenvalue weighted by Crippen LogP contribution is -2.22. The Morgan fingerprint density at radius 2 is 2.21 bits per heavy atom. The number of aryl methyl sites for hydroxylation is 2. The SMILES string of the molecule is Cc1nc(S[C@H](C)C(=O)Nc2sc3c(c2C#N)CCCCC3)n[nH]1. The molecule has 6 nitrogen and oxygen atoms in total. The highest BCUT2D eigenvalue weighted by Gasteiger charge is 2.23. The lowest BCUT2D eigenvalue weighted by Gasteiger charge is -2.09. The van der Waals surface area contributed by atoms with Gasteiger partial charge >= 0.3 is 0 Å². The Morgan fingerprint density at radius 3 is 2.92 bits per heavy atom. The van der Waals surface area contributed by atoms with Crippen LogP contribution in [0.3, 0.4) is 0 Å². The minimum Gasteiger partial charge on any atom is -0.316 e. The Bertz CT molecular complexity index is 789. The van der Waals surface area contributed by atoms with Crippen molar-refractivity contribution in [2.75, 3.05) is 5.32 Å². The summed E-state index contributed by atoms with van der Waals surface area (Å²) in [6.07, 6.45) is 5.42. The molecule has 1 amide bonds. The largest absolute Gasteiger partial charge is 0.316 e. The van der Waals surface area contributed by atoms with Crippen LogP contribution in [0.5, 0.6) is 0 Å². The number of H-pyrrole nitrogens is 1. The van der Waals surface area contributed by atoms with Crippen molar-refractivity contribution in [2.24, 2.45) is 0 Å². The molecule has 2 heterocycles. The highest BCUT2D eigenvalue weighted by atomic mass is 32.2. The van der Waals surface area contributed by atoms with E-state index >= 15 is 0 Å². The fourth-order valence-corrected chi connectivity index (χ4v) is 4.76. The maximum Gasteiger partial charge on any atom is 0.238 e. The Labute approximate surface area is 149 Å². The van der Waals surface area contributed by atoms with E-state index in [9.17, 15) is 10.1 Å². The van der Waals surface area contributed by atoms with Crippen LogP contribution in [0, 0.1) is 18.3 Å². The van der Waals surface area contributed by atoms with Gasteiger partial charge in [0.1, 0.15) is 16.9 Å². The van der Waals surface area contributed by atoms with Gasteiger partial charge in [0.05, 0.1) is 10.8 Å². The fourth-order valence-electron chi connectivity index (χ4n) is 2.75. The monoisotopic (exact) mass is 361 g/mol. The van der Waals surface area contributed by atoms with Gasteiger partial charge in [0.25, 0.3) is 0 Å². The van der Waals surface area contributed by atoms with Crippen LogP contribution in [-0.4, -0.2) is 26.3 Å². The van der Waals surface area contributed by atoms with Crippen LogP contribution in [0.4, 0.5) is 5.00 Å². The van der Waals surface area contributed by atoms with Gasteiger partial charge in [0.15, 0.2) is 0 Å². The number of fused-ring (bicyclic) bond motifs is 1. The van der Waals surface area contributed by atoms with Crippen molar-refractivity contribution in [1.29, 1.82) is 5.26 Å². The number of thioether (sulfide) groups is 1. The minimum atomic E-state index is -0.339. The van der Waals surface area contributed by atoms with E-state index in [0.717, 1.165) is 37.1 Å². The van der Waals surface area contributed by atoms with Crippen molar-refractivity contribution in [1.82, 2.24) is 15.2 Å². The molecule has 1 aliphatic carbocycles. The molecule has 1 aliphatic rings. The van der Waals surface area contributed by atoms with E-state index in [1.54, 1.807) is 11.3 Å². The van der Waals surface area contributed by atoms with Crippen molar-refractivity contribution >= 4 is 34.0 Å². The van der Waals surface area contributed by atoms with Crippen LogP contribution in [0.25, 0.3) is 0 Å². The van der Waals surface area contributed by atoms with Crippen LogP contribution in [0.1, 0.15) is 48.0 Å². The number of thiophene rings is 1. The molecular formula is C16H19N5OS2. The van der Waals surface area contributed by atoms with E-state index in [-0.39, 0.29) is 11.2 Å². The molecule has 0 saturated heterocycles. The molecule has 1 atom stereocenters. The summed E-state index contributed by atoms with van der Waals surface area (Å²) in [5.41, 5.74) is 1.79. The van der Waals surface area contributed by atoms with Gasteiger partial charge in [-0.1, -0.05) is 18.2 Å². The van der Waals surface area contributed by atoms with Gasteiger partial charge in [-0.25, -0.2) is 4.98 Å². The standard InChI is InChI=1S/C16H19N5OS2/c1-9(23-16-18-10(2)20-21-16)14(22)19-15-12(8-17)11-6-4-3-5-7-13(11)24-15/h9H,3-7H2,1-2H3,(H,19,22)(H,18,20,21)/t9-/m1/s1. The van der Waals surface area contributed by atoms with Crippen molar-refractivity contribution in [3.63, 3.8) is 0 Å². The number of anilines is 1. The number of carbonyl (C=O) groups excluding carboxylic acids is 1. The van der Waals surface area contributed by atoms with Gasteiger partial charge in [-0.3, -0.25) is 9.89 Å². The molecule has 0 fully saturated rings. The van der Waals surface area contributed by atoms with Gasteiger partial charge in [0.2, 0.25) is 11.1 Å². The predicted octanol–water partition coefficient (Wildman–Crippen LogP) is 3.43. The zero-order valence-electron chi connectivity index (χ0n) is 13.7. The van der Waals surface area contributed by atoms with Crippen LogP contribution in [-0.2, 0) is 17.6 Å². The molecule has 0 bridgehead atoms. The molecular weight excluding hydrogens is 342 g/mol. The summed E-state index contributed by atoms with van der Waals surface area (Å²) in [5, 5.41) is 20.2. The normalized spacial score (nSPS) is 15.2. The summed E-state index contributed by atoms with van der Waals surface area (Å²) in [6, 6.07) is 2.29. The van der Waals surface area contributed by atoms with Gasteiger partial charge < -0.3 is 5.32 Å². The van der Waals surface area contributed by atoms with E-state index in [2.05, 4.69) is 26.6 Å². The van der Waals surface area contributed by atoms with E-state index in [4.69, 9.17) is 0 Å². The number of rotatable bonds is 4. The second-order valence-electron chi connectivity index (χ2n) is 5.83. The fraction of sp³-hybridized carbons (Fsp3) is 0.500. The van der Waals surface area contributed by atoms with Crippen molar-refractivity contribution in [3.05, 3.63) is 21.8 Å². The molecule has 0 saturated carbocycles. The van der Waals surface area contributed by atoms with E-state index in [1.807, 2.05) is 13.8 Å². The maximum atomic E-state index is 12.5. The molecule has 126 valence electrons. The van der Waals surface area contributed by atoms with Crippen molar-refractivity contribution in [3.8, 4) is 6.07 Å². The van der Waals surface area contributed by atoms with Crippen LogP contribution >= 0.6 is 23.1 Å². The zero-order valence-corrected chi connectivity index (χ0v) is 15.3. The average molecular weight is 361 g/mol. The summed E-state index contributed by atoms with van der Waals surface area (Å²) in [6.45, 7) is 3.63. The van der Waals surface area contributed by atoms with Crippen molar-refractivity contribution < 1.29 is 4.79 Å². The highest BCUT2D eigenvalue weighted by Crippen LogP contribution is 2.37. The first-order chi connectivity index (χ1) is 11.6. The zero-order chi connectivity index (χ0) is 17.1.